The number of aryl methyl sites for hydroxylation is 1. The Morgan fingerprint density at radius 1 is 1.14 bits per heavy atom. The summed E-state index contributed by atoms with van der Waals surface area (Å²) in [5.41, 5.74) is 1.86. The zero-order valence-corrected chi connectivity index (χ0v) is 17.3. The van der Waals surface area contributed by atoms with Crippen molar-refractivity contribution in [2.75, 3.05) is 36.9 Å². The van der Waals surface area contributed by atoms with E-state index < -0.39 is 14.9 Å². The van der Waals surface area contributed by atoms with Gasteiger partial charge in [0.1, 0.15) is 0 Å². The van der Waals surface area contributed by atoms with Crippen LogP contribution >= 0.6 is 12.2 Å². The molecule has 0 spiro atoms. The number of nitrogens with one attached hydrogen (secondary N) is 2. The third kappa shape index (κ3) is 5.07. The van der Waals surface area contributed by atoms with Crippen LogP contribution in [0.2, 0.25) is 0 Å². The van der Waals surface area contributed by atoms with Gasteiger partial charge in [-0.1, -0.05) is 6.07 Å². The molecule has 2 aromatic carbocycles. The number of non-ortho nitro benzene ring substituents is 1. The Morgan fingerprint density at radius 3 is 2.41 bits per heavy atom. The fourth-order valence-electron chi connectivity index (χ4n) is 2.79. The number of nitro benzene ring substituents is 1. The molecule has 11 heteroatoms. The van der Waals surface area contributed by atoms with Crippen molar-refractivity contribution in [3.05, 3.63) is 58.1 Å². The van der Waals surface area contributed by atoms with Crippen LogP contribution in [0, 0.1) is 17.0 Å². The number of morpholine rings is 1. The minimum atomic E-state index is -3.56. The molecular formula is C18H20N4O5S2. The standard InChI is InChI=1S/C18H20N4O5S2/c1-13-2-5-15(22(23)24)12-17(13)20-18(28)19-14-3-6-16(7-4-14)29(25,26)21-8-10-27-11-9-21/h2-7,12H,8-11H2,1H3,(H2,19,20,28). The van der Waals surface area contributed by atoms with Crippen LogP contribution in [0.1, 0.15) is 5.56 Å². The Labute approximate surface area is 173 Å². The molecule has 2 N–H and O–H groups in total. The average molecular weight is 437 g/mol. The van der Waals surface area contributed by atoms with Crippen molar-refractivity contribution >= 4 is 44.4 Å². The number of anilines is 2. The molecule has 0 radical (unpaired) electrons. The average Bonchev–Trinajstić information content (AvgIpc) is 2.70. The van der Waals surface area contributed by atoms with E-state index in [9.17, 15) is 18.5 Å². The molecule has 0 saturated carbocycles. The van der Waals surface area contributed by atoms with Gasteiger partial charge in [0, 0.05) is 36.6 Å². The van der Waals surface area contributed by atoms with Crippen molar-refractivity contribution in [1.82, 2.24) is 4.31 Å². The minimum absolute atomic E-state index is 0.0430. The first-order chi connectivity index (χ1) is 13.8. The zero-order chi connectivity index (χ0) is 21.0. The first-order valence-electron chi connectivity index (χ1n) is 8.78. The molecule has 1 fully saturated rings. The van der Waals surface area contributed by atoms with Crippen LogP contribution in [0.5, 0.6) is 0 Å². The molecule has 9 nitrogen and oxygen atoms in total. The van der Waals surface area contributed by atoms with Crippen molar-refractivity contribution in [3.63, 3.8) is 0 Å². The topological polar surface area (TPSA) is 114 Å². The fraction of sp³-hybridized carbons (Fsp3) is 0.278. The molecule has 0 bridgehead atoms. The first-order valence-corrected chi connectivity index (χ1v) is 10.6. The number of nitrogens with zero attached hydrogens (tertiary/aromatic N) is 2. The monoisotopic (exact) mass is 436 g/mol. The maximum Gasteiger partial charge on any atom is 0.271 e. The van der Waals surface area contributed by atoms with E-state index in [1.807, 2.05) is 0 Å². The van der Waals surface area contributed by atoms with E-state index in [-0.39, 0.29) is 15.7 Å². The molecule has 1 saturated heterocycles. The molecule has 2 aromatic rings. The van der Waals surface area contributed by atoms with Crippen molar-refractivity contribution < 1.29 is 18.1 Å². The number of thiocarbonyl (C=S) groups is 1. The zero-order valence-electron chi connectivity index (χ0n) is 15.6. The molecule has 1 heterocycles. The van der Waals surface area contributed by atoms with Crippen molar-refractivity contribution in [3.8, 4) is 0 Å². The lowest BCUT2D eigenvalue weighted by Crippen LogP contribution is -2.40. The van der Waals surface area contributed by atoms with Gasteiger partial charge >= 0.3 is 0 Å². The minimum Gasteiger partial charge on any atom is -0.379 e. The van der Waals surface area contributed by atoms with Gasteiger partial charge < -0.3 is 15.4 Å². The summed E-state index contributed by atoms with van der Waals surface area (Å²) < 4.78 is 31.9. The Bertz CT molecular complexity index is 1020. The molecular weight excluding hydrogens is 416 g/mol. The van der Waals surface area contributed by atoms with E-state index in [4.69, 9.17) is 17.0 Å². The summed E-state index contributed by atoms with van der Waals surface area (Å²) in [6.45, 7) is 3.24. The lowest BCUT2D eigenvalue weighted by Gasteiger charge is -2.26. The summed E-state index contributed by atoms with van der Waals surface area (Å²) in [6, 6.07) is 10.7. The molecule has 0 unspecified atom stereocenters. The summed E-state index contributed by atoms with van der Waals surface area (Å²) in [4.78, 5) is 10.7. The van der Waals surface area contributed by atoms with Gasteiger partial charge in [0.15, 0.2) is 5.11 Å². The SMILES string of the molecule is Cc1ccc([N+](=O)[O-])cc1NC(=S)Nc1ccc(S(=O)(=O)N2CCOCC2)cc1. The number of benzene rings is 2. The summed E-state index contributed by atoms with van der Waals surface area (Å²) in [5, 5.41) is 17.0. The van der Waals surface area contributed by atoms with E-state index in [1.165, 1.54) is 28.6 Å². The highest BCUT2D eigenvalue weighted by Crippen LogP contribution is 2.23. The number of hydrogen-bond donors (Lipinski definition) is 2. The maximum absolute atomic E-state index is 12.6. The molecule has 29 heavy (non-hydrogen) atoms. The lowest BCUT2D eigenvalue weighted by molar-refractivity contribution is -0.384. The normalized spacial score (nSPS) is 14.9. The molecule has 0 amide bonds. The number of rotatable bonds is 5. The van der Waals surface area contributed by atoms with Gasteiger partial charge in [0.05, 0.1) is 23.0 Å². The van der Waals surface area contributed by atoms with Crippen LogP contribution in [0.3, 0.4) is 0 Å². The van der Waals surface area contributed by atoms with Gasteiger partial charge in [-0.05, 0) is 49.0 Å². The molecule has 3 rings (SSSR count). The predicted octanol–water partition coefficient (Wildman–Crippen LogP) is 2.73. The van der Waals surface area contributed by atoms with Gasteiger partial charge in [0.25, 0.3) is 5.69 Å². The lowest BCUT2D eigenvalue weighted by atomic mass is 10.2. The van der Waals surface area contributed by atoms with Gasteiger partial charge in [-0.15, -0.1) is 0 Å². The van der Waals surface area contributed by atoms with Crippen molar-refractivity contribution in [1.29, 1.82) is 0 Å². The summed E-state index contributed by atoms with van der Waals surface area (Å²) in [6.07, 6.45) is 0. The van der Waals surface area contributed by atoms with E-state index >= 15 is 0 Å². The number of nitro groups is 1. The quantitative estimate of drug-likeness (QED) is 0.418. The Morgan fingerprint density at radius 2 is 1.79 bits per heavy atom. The van der Waals surface area contributed by atoms with Crippen LogP contribution in [0.25, 0.3) is 0 Å². The highest BCUT2D eigenvalue weighted by atomic mass is 32.2. The summed E-state index contributed by atoms with van der Waals surface area (Å²) >= 11 is 5.26. The largest absolute Gasteiger partial charge is 0.379 e. The Balaban J connectivity index is 1.67. The second kappa shape index (κ2) is 8.82. The van der Waals surface area contributed by atoms with Gasteiger partial charge in [-0.2, -0.15) is 4.31 Å². The van der Waals surface area contributed by atoms with E-state index in [1.54, 1.807) is 25.1 Å². The van der Waals surface area contributed by atoms with Crippen LogP contribution < -0.4 is 10.6 Å². The molecule has 1 aliphatic rings. The molecule has 0 aliphatic carbocycles. The first kappa shape index (κ1) is 21.1. The Hall–Kier alpha value is -2.60. The summed E-state index contributed by atoms with van der Waals surface area (Å²) in [7, 11) is -3.56. The highest BCUT2D eigenvalue weighted by molar-refractivity contribution is 7.89. The fourth-order valence-corrected chi connectivity index (χ4v) is 4.42. The van der Waals surface area contributed by atoms with Crippen LogP contribution in [-0.4, -0.2) is 49.1 Å². The molecule has 0 atom stereocenters. The molecule has 154 valence electrons. The number of sulfonamides is 1. The maximum atomic E-state index is 12.6. The van der Waals surface area contributed by atoms with E-state index in [0.717, 1.165) is 5.56 Å². The van der Waals surface area contributed by atoms with E-state index in [0.29, 0.717) is 37.7 Å². The summed E-state index contributed by atoms with van der Waals surface area (Å²) in [5.74, 6) is 0. The second-order valence-corrected chi connectivity index (χ2v) is 8.72. The van der Waals surface area contributed by atoms with Crippen LogP contribution in [0.15, 0.2) is 47.4 Å². The number of ether oxygens (including phenoxy) is 1. The van der Waals surface area contributed by atoms with Crippen molar-refractivity contribution in [2.24, 2.45) is 0 Å². The number of hydrogen-bond acceptors (Lipinski definition) is 6. The smallest absolute Gasteiger partial charge is 0.271 e. The highest BCUT2D eigenvalue weighted by Gasteiger charge is 2.26. The third-order valence-electron chi connectivity index (χ3n) is 4.40. The van der Waals surface area contributed by atoms with Gasteiger partial charge in [-0.3, -0.25) is 10.1 Å². The van der Waals surface area contributed by atoms with Gasteiger partial charge in [-0.25, -0.2) is 8.42 Å². The third-order valence-corrected chi connectivity index (χ3v) is 6.52. The van der Waals surface area contributed by atoms with Crippen LogP contribution in [-0.2, 0) is 14.8 Å². The second-order valence-electron chi connectivity index (χ2n) is 6.38. The van der Waals surface area contributed by atoms with E-state index in [2.05, 4.69) is 10.6 Å². The molecule has 0 aromatic heterocycles. The van der Waals surface area contributed by atoms with Crippen molar-refractivity contribution in [2.45, 2.75) is 11.8 Å². The predicted molar refractivity (Wildman–Crippen MR) is 114 cm³/mol. The molecule has 1 aliphatic heterocycles. The van der Waals surface area contributed by atoms with Gasteiger partial charge in [0.2, 0.25) is 10.0 Å². The Kier molecular flexibility index (Phi) is 6.42. The van der Waals surface area contributed by atoms with Crippen LogP contribution in [0.4, 0.5) is 17.1 Å².